The molecule has 1 aliphatic heterocycles. The van der Waals surface area contributed by atoms with Gasteiger partial charge in [-0.1, -0.05) is 40.2 Å². The molecule has 1 N–H and O–H groups in total. The molecule has 0 unspecified atom stereocenters. The molecule has 0 atom stereocenters. The van der Waals surface area contributed by atoms with E-state index in [1.54, 1.807) is 30.3 Å². The van der Waals surface area contributed by atoms with Crippen LogP contribution >= 0.6 is 28.1 Å². The largest absolute Gasteiger partial charge is 0.457 e. The molecule has 0 bridgehead atoms. The van der Waals surface area contributed by atoms with Crippen LogP contribution in [0, 0.1) is 5.82 Å². The van der Waals surface area contributed by atoms with Crippen LogP contribution < -0.4 is 15.0 Å². The highest BCUT2D eigenvalue weighted by Gasteiger charge is 2.34. The van der Waals surface area contributed by atoms with Crippen molar-refractivity contribution in [1.82, 2.24) is 5.32 Å². The first-order chi connectivity index (χ1) is 14.9. The summed E-state index contributed by atoms with van der Waals surface area (Å²) in [6, 6.07) is 20.3. The van der Waals surface area contributed by atoms with Crippen molar-refractivity contribution in [3.05, 3.63) is 94.2 Å². The summed E-state index contributed by atoms with van der Waals surface area (Å²) in [5.41, 5.74) is 0.332. The lowest BCUT2D eigenvalue weighted by molar-refractivity contribution is -0.122. The molecule has 0 aliphatic carbocycles. The van der Waals surface area contributed by atoms with Gasteiger partial charge in [-0.2, -0.15) is 0 Å². The zero-order valence-electron chi connectivity index (χ0n) is 15.8. The first kappa shape index (κ1) is 20.9. The molecule has 4 rings (SSSR count). The first-order valence-corrected chi connectivity index (χ1v) is 10.3. The van der Waals surface area contributed by atoms with E-state index in [2.05, 4.69) is 21.2 Å². The van der Waals surface area contributed by atoms with Gasteiger partial charge in [0.15, 0.2) is 5.11 Å². The van der Waals surface area contributed by atoms with E-state index in [4.69, 9.17) is 17.0 Å². The number of nitrogens with one attached hydrogen (secondary N) is 1. The van der Waals surface area contributed by atoms with Gasteiger partial charge in [0.1, 0.15) is 22.9 Å². The summed E-state index contributed by atoms with van der Waals surface area (Å²) in [5.74, 6) is -0.647. The van der Waals surface area contributed by atoms with Gasteiger partial charge in [-0.3, -0.25) is 19.8 Å². The van der Waals surface area contributed by atoms with Crippen LogP contribution in [0.15, 0.2) is 82.8 Å². The van der Waals surface area contributed by atoms with Gasteiger partial charge >= 0.3 is 0 Å². The Labute approximate surface area is 191 Å². The summed E-state index contributed by atoms with van der Waals surface area (Å²) in [4.78, 5) is 26.6. The van der Waals surface area contributed by atoms with Crippen LogP contribution in [0.2, 0.25) is 0 Å². The highest BCUT2D eigenvalue weighted by Crippen LogP contribution is 2.27. The zero-order chi connectivity index (χ0) is 22.0. The van der Waals surface area contributed by atoms with Gasteiger partial charge in [0.05, 0.1) is 5.69 Å². The topological polar surface area (TPSA) is 58.6 Å². The molecule has 3 aromatic rings. The van der Waals surface area contributed by atoms with Gasteiger partial charge in [0.25, 0.3) is 11.8 Å². The third-order valence-corrected chi connectivity index (χ3v) is 5.22. The maximum Gasteiger partial charge on any atom is 0.270 e. The number of hydrogen-bond acceptors (Lipinski definition) is 4. The minimum Gasteiger partial charge on any atom is -0.457 e. The van der Waals surface area contributed by atoms with Gasteiger partial charge in [-0.05, 0) is 66.8 Å². The molecular formula is C23H14BrFN2O3S. The maximum atomic E-state index is 14.2. The second kappa shape index (κ2) is 8.79. The molecule has 1 saturated heterocycles. The van der Waals surface area contributed by atoms with E-state index >= 15 is 0 Å². The molecule has 31 heavy (non-hydrogen) atoms. The second-order valence-electron chi connectivity index (χ2n) is 6.53. The number of hydrogen-bond donors (Lipinski definition) is 1. The Balaban J connectivity index is 1.62. The highest BCUT2D eigenvalue weighted by molar-refractivity contribution is 9.10. The lowest BCUT2D eigenvalue weighted by Crippen LogP contribution is -2.54. The molecule has 154 valence electrons. The Hall–Kier alpha value is -3.36. The summed E-state index contributed by atoms with van der Waals surface area (Å²) in [6.07, 6.45) is 1.21. The predicted molar refractivity (Wildman–Crippen MR) is 123 cm³/mol. The summed E-state index contributed by atoms with van der Waals surface area (Å²) in [5, 5.41) is 2.42. The molecule has 1 heterocycles. The minimum absolute atomic E-state index is 0.0554. The number of halogens is 2. The Kier molecular flexibility index (Phi) is 5.92. The van der Waals surface area contributed by atoms with Crippen molar-refractivity contribution in [1.29, 1.82) is 0 Å². The van der Waals surface area contributed by atoms with Crippen molar-refractivity contribution >= 4 is 56.8 Å². The van der Waals surface area contributed by atoms with E-state index < -0.39 is 17.6 Å². The number of amides is 2. The molecule has 0 radical (unpaired) electrons. The van der Waals surface area contributed by atoms with E-state index in [1.807, 2.05) is 30.3 Å². The summed E-state index contributed by atoms with van der Waals surface area (Å²) in [7, 11) is 0. The summed E-state index contributed by atoms with van der Waals surface area (Å²) < 4.78 is 20.5. The van der Waals surface area contributed by atoms with Gasteiger partial charge in [0.2, 0.25) is 0 Å². The fourth-order valence-electron chi connectivity index (χ4n) is 2.95. The molecule has 1 fully saturated rings. The quantitative estimate of drug-likeness (QED) is 0.306. The smallest absolute Gasteiger partial charge is 0.270 e. The van der Waals surface area contributed by atoms with Crippen LogP contribution in [0.3, 0.4) is 0 Å². The lowest BCUT2D eigenvalue weighted by Gasteiger charge is -2.29. The molecular weight excluding hydrogens is 483 g/mol. The average Bonchev–Trinajstić information content (AvgIpc) is 2.74. The molecule has 1 aliphatic rings. The summed E-state index contributed by atoms with van der Waals surface area (Å²) >= 11 is 8.37. The Morgan fingerprint density at radius 3 is 2.32 bits per heavy atom. The number of ether oxygens (including phenoxy) is 1. The monoisotopic (exact) mass is 496 g/mol. The van der Waals surface area contributed by atoms with Gasteiger partial charge < -0.3 is 4.74 Å². The van der Waals surface area contributed by atoms with E-state index in [9.17, 15) is 14.0 Å². The van der Waals surface area contributed by atoms with Crippen LogP contribution in [-0.4, -0.2) is 16.9 Å². The van der Waals surface area contributed by atoms with E-state index in [-0.39, 0.29) is 16.2 Å². The first-order valence-electron chi connectivity index (χ1n) is 9.12. The predicted octanol–water partition coefficient (Wildman–Crippen LogP) is 5.21. The number of para-hydroxylation sites is 1. The fourth-order valence-corrected chi connectivity index (χ4v) is 3.57. The third-order valence-electron chi connectivity index (χ3n) is 4.44. The molecule has 5 nitrogen and oxygen atoms in total. The van der Waals surface area contributed by atoms with Gasteiger partial charge in [-0.25, -0.2) is 4.39 Å². The average molecular weight is 497 g/mol. The zero-order valence-corrected chi connectivity index (χ0v) is 18.2. The van der Waals surface area contributed by atoms with Crippen molar-refractivity contribution in [2.24, 2.45) is 0 Å². The van der Waals surface area contributed by atoms with Crippen LogP contribution in [0.25, 0.3) is 6.08 Å². The van der Waals surface area contributed by atoms with Gasteiger partial charge in [0, 0.05) is 10.0 Å². The van der Waals surface area contributed by atoms with E-state index in [1.165, 1.54) is 23.1 Å². The minimum atomic E-state index is -0.683. The number of benzene rings is 3. The van der Waals surface area contributed by atoms with Crippen LogP contribution in [0.5, 0.6) is 11.5 Å². The number of carbonyl (C=O) groups excluding carboxylic acids is 2. The molecule has 0 spiro atoms. The van der Waals surface area contributed by atoms with Crippen LogP contribution in [0.1, 0.15) is 5.56 Å². The third kappa shape index (κ3) is 4.55. The van der Waals surface area contributed by atoms with Crippen molar-refractivity contribution in [3.8, 4) is 11.5 Å². The van der Waals surface area contributed by atoms with Crippen LogP contribution in [-0.2, 0) is 9.59 Å². The lowest BCUT2D eigenvalue weighted by atomic mass is 10.1. The van der Waals surface area contributed by atoms with E-state index in [0.29, 0.717) is 21.7 Å². The Morgan fingerprint density at radius 2 is 1.65 bits per heavy atom. The maximum absolute atomic E-state index is 14.2. The van der Waals surface area contributed by atoms with Crippen LogP contribution in [0.4, 0.5) is 10.1 Å². The second-order valence-corrected chi connectivity index (χ2v) is 7.84. The Morgan fingerprint density at radius 1 is 0.968 bits per heavy atom. The van der Waals surface area contributed by atoms with Crippen molar-refractivity contribution in [2.75, 3.05) is 4.90 Å². The molecule has 8 heteroatoms. The highest BCUT2D eigenvalue weighted by atomic mass is 79.9. The normalized spacial score (nSPS) is 15.2. The standard InChI is InChI=1S/C23H14BrFN2O3S/c24-15-7-6-14(20(25)13-15)12-19-21(28)26-23(31)27(22(19)29)16-8-10-18(11-9-16)30-17-4-2-1-3-5-17/h1-13H,(H,26,28,31). The number of nitrogens with zero attached hydrogens (tertiary/aromatic N) is 1. The molecule has 0 aromatic heterocycles. The van der Waals surface area contributed by atoms with Crippen molar-refractivity contribution < 1.29 is 18.7 Å². The number of anilines is 1. The number of carbonyl (C=O) groups is 2. The molecule has 2 amide bonds. The SMILES string of the molecule is O=C1NC(=S)N(c2ccc(Oc3ccccc3)cc2)C(=O)C1=Cc1ccc(Br)cc1F. The molecule has 3 aromatic carbocycles. The van der Waals surface area contributed by atoms with Crippen molar-refractivity contribution in [3.63, 3.8) is 0 Å². The number of rotatable bonds is 4. The number of thiocarbonyl (C=S) groups is 1. The summed E-state index contributed by atoms with van der Waals surface area (Å²) in [6.45, 7) is 0. The Bertz CT molecular complexity index is 1210. The van der Waals surface area contributed by atoms with Crippen molar-refractivity contribution in [2.45, 2.75) is 0 Å². The fraction of sp³-hybridized carbons (Fsp3) is 0. The van der Waals surface area contributed by atoms with Gasteiger partial charge in [-0.15, -0.1) is 0 Å². The molecule has 0 saturated carbocycles. The van der Waals surface area contributed by atoms with E-state index in [0.717, 1.165) is 0 Å².